The third-order valence-electron chi connectivity index (χ3n) is 7.51. The first-order chi connectivity index (χ1) is 19.0. The van der Waals surface area contributed by atoms with Gasteiger partial charge in [-0.05, 0) is 60.8 Å². The van der Waals surface area contributed by atoms with Gasteiger partial charge in [-0.25, -0.2) is 0 Å². The van der Waals surface area contributed by atoms with Crippen LogP contribution in [-0.4, -0.2) is 71.7 Å². The van der Waals surface area contributed by atoms with Crippen molar-refractivity contribution < 1.29 is 19.4 Å². The highest BCUT2D eigenvalue weighted by atomic mass is 32.2. The third-order valence-corrected chi connectivity index (χ3v) is 10.2. The second kappa shape index (κ2) is 15.4. The summed E-state index contributed by atoms with van der Waals surface area (Å²) in [5, 5.41) is 19.9. The van der Waals surface area contributed by atoms with Crippen molar-refractivity contribution in [2.45, 2.75) is 55.9 Å². The van der Waals surface area contributed by atoms with Gasteiger partial charge >= 0.3 is 0 Å². The Morgan fingerprint density at radius 2 is 1.90 bits per heavy atom. The molecule has 7 nitrogen and oxygen atoms in total. The zero-order valence-corrected chi connectivity index (χ0v) is 24.3. The molecule has 2 unspecified atom stereocenters. The summed E-state index contributed by atoms with van der Waals surface area (Å²) in [4.78, 5) is 26.4. The van der Waals surface area contributed by atoms with E-state index in [4.69, 9.17) is 4.74 Å². The summed E-state index contributed by atoms with van der Waals surface area (Å²) in [7, 11) is 1.66. The Balaban J connectivity index is 1.53. The molecule has 4 N–H and O–H groups in total. The average Bonchev–Trinajstić information content (AvgIpc) is 2.98. The molecule has 212 valence electrons. The van der Waals surface area contributed by atoms with E-state index in [0.717, 1.165) is 41.5 Å². The van der Waals surface area contributed by atoms with Gasteiger partial charge in [-0.3, -0.25) is 9.59 Å². The smallest absolute Gasteiger partial charge is 0.255 e. The van der Waals surface area contributed by atoms with E-state index in [0.29, 0.717) is 5.92 Å². The van der Waals surface area contributed by atoms with Gasteiger partial charge in [0.15, 0.2) is 0 Å². The first kappa shape index (κ1) is 29.6. The number of aromatic hydroxyl groups is 1. The maximum Gasteiger partial charge on any atom is 0.255 e. The Labute approximate surface area is 240 Å². The van der Waals surface area contributed by atoms with Crippen LogP contribution in [0.15, 0.2) is 48.5 Å². The molecule has 3 atom stereocenters. The molecule has 2 aromatic rings. The van der Waals surface area contributed by atoms with E-state index in [2.05, 4.69) is 28.1 Å². The molecule has 1 saturated carbocycles. The number of para-hydroxylation sites is 1. The molecule has 4 rings (SSSR count). The van der Waals surface area contributed by atoms with Gasteiger partial charge in [-0.1, -0.05) is 43.5 Å². The van der Waals surface area contributed by atoms with Gasteiger partial charge in [-0.2, -0.15) is 23.5 Å². The van der Waals surface area contributed by atoms with Gasteiger partial charge in [0, 0.05) is 29.8 Å². The van der Waals surface area contributed by atoms with Crippen LogP contribution in [0.1, 0.15) is 48.0 Å². The minimum atomic E-state index is -0.348. The van der Waals surface area contributed by atoms with Crippen molar-refractivity contribution >= 4 is 35.3 Å². The van der Waals surface area contributed by atoms with Gasteiger partial charge in [0.2, 0.25) is 5.91 Å². The van der Waals surface area contributed by atoms with E-state index in [-0.39, 0.29) is 47.0 Å². The largest absolute Gasteiger partial charge is 0.507 e. The van der Waals surface area contributed by atoms with Gasteiger partial charge in [0.05, 0.1) is 24.8 Å². The molecule has 1 heterocycles. The topological polar surface area (TPSA) is 99.7 Å². The maximum atomic E-state index is 13.4. The second-order valence-corrected chi connectivity index (χ2v) is 12.8. The number of thioether (sulfide) groups is 2. The monoisotopic (exact) mass is 571 g/mol. The van der Waals surface area contributed by atoms with Crippen LogP contribution < -0.4 is 20.7 Å². The zero-order valence-electron chi connectivity index (χ0n) is 22.7. The standard InChI is InChI=1S/C30H41N3O4S2/c1-37-23-13-11-21(12-14-23)17-28(39-19-22-7-3-2-4-8-22)25(33-30(36)26-20-38-16-15-31-26)18-32-29(35)24-9-5-6-10-27(24)34/h5-6,9-14,22,25-26,28,31,34H,2-4,7-8,15-20H2,1H3,(H,32,35)(H,33,36)/t25?,26-,28?/m0/s1. The molecule has 2 amide bonds. The van der Waals surface area contributed by atoms with Crippen LogP contribution in [0.2, 0.25) is 0 Å². The van der Waals surface area contributed by atoms with E-state index >= 15 is 0 Å². The second-order valence-electron chi connectivity index (χ2n) is 10.4. The Morgan fingerprint density at radius 3 is 2.59 bits per heavy atom. The number of phenolic OH excluding ortho intramolecular Hbond substituents is 1. The number of nitrogens with one attached hydrogen (secondary N) is 3. The van der Waals surface area contributed by atoms with Gasteiger partial charge in [0.25, 0.3) is 5.91 Å². The van der Waals surface area contributed by atoms with Crippen molar-refractivity contribution in [3.8, 4) is 11.5 Å². The molecule has 0 aromatic heterocycles. The summed E-state index contributed by atoms with van der Waals surface area (Å²) in [5.74, 6) is 3.85. The number of hydrogen-bond acceptors (Lipinski definition) is 7. The predicted octanol–water partition coefficient (Wildman–Crippen LogP) is 4.25. The highest BCUT2D eigenvalue weighted by Crippen LogP contribution is 2.31. The van der Waals surface area contributed by atoms with Crippen molar-refractivity contribution in [3.05, 3.63) is 59.7 Å². The van der Waals surface area contributed by atoms with Crippen molar-refractivity contribution in [1.29, 1.82) is 0 Å². The minimum Gasteiger partial charge on any atom is -0.507 e. The Kier molecular flexibility index (Phi) is 11.7. The fourth-order valence-corrected chi connectivity index (χ4v) is 7.67. The number of ether oxygens (including phenoxy) is 1. The molecular weight excluding hydrogens is 530 g/mol. The maximum absolute atomic E-state index is 13.4. The average molecular weight is 572 g/mol. The molecule has 39 heavy (non-hydrogen) atoms. The normalized spacial score (nSPS) is 19.6. The number of phenols is 1. The lowest BCUT2D eigenvalue weighted by molar-refractivity contribution is -0.123. The van der Waals surface area contributed by atoms with Crippen LogP contribution in [0.3, 0.4) is 0 Å². The van der Waals surface area contributed by atoms with Crippen molar-refractivity contribution in [1.82, 2.24) is 16.0 Å². The van der Waals surface area contributed by atoms with E-state index in [9.17, 15) is 14.7 Å². The van der Waals surface area contributed by atoms with Gasteiger partial charge in [-0.15, -0.1) is 0 Å². The number of carbonyl (C=O) groups excluding carboxylic acids is 2. The summed E-state index contributed by atoms with van der Waals surface area (Å²) in [6.07, 6.45) is 7.16. The highest BCUT2D eigenvalue weighted by molar-refractivity contribution is 8.00. The number of benzene rings is 2. The number of carbonyl (C=O) groups is 2. The molecule has 1 aliphatic heterocycles. The van der Waals surface area contributed by atoms with Crippen LogP contribution >= 0.6 is 23.5 Å². The van der Waals surface area contributed by atoms with Crippen molar-refractivity contribution in [2.24, 2.45) is 5.92 Å². The lowest BCUT2D eigenvalue weighted by Gasteiger charge is -2.32. The summed E-state index contributed by atoms with van der Waals surface area (Å²) in [5.41, 5.74) is 1.39. The molecule has 0 radical (unpaired) electrons. The first-order valence-corrected chi connectivity index (χ1v) is 16.2. The van der Waals surface area contributed by atoms with E-state index < -0.39 is 0 Å². The lowest BCUT2D eigenvalue weighted by atomic mass is 9.91. The number of rotatable bonds is 12. The fraction of sp³-hybridized carbons (Fsp3) is 0.533. The SMILES string of the molecule is COc1ccc(CC(SCC2CCCCC2)C(CNC(=O)c2ccccc2O)NC(=O)[C@@H]2CSCCN2)cc1. The van der Waals surface area contributed by atoms with Crippen molar-refractivity contribution in [2.75, 3.05) is 37.5 Å². The molecule has 0 bridgehead atoms. The van der Waals surface area contributed by atoms with Crippen LogP contribution in [-0.2, 0) is 11.2 Å². The molecule has 1 saturated heterocycles. The molecular formula is C30H41N3O4S2. The summed E-state index contributed by atoms with van der Waals surface area (Å²) >= 11 is 3.69. The number of hydrogen-bond donors (Lipinski definition) is 4. The number of methoxy groups -OCH3 is 1. The molecule has 1 aliphatic carbocycles. The Morgan fingerprint density at radius 1 is 1.13 bits per heavy atom. The highest BCUT2D eigenvalue weighted by Gasteiger charge is 2.30. The van der Waals surface area contributed by atoms with E-state index in [1.165, 1.54) is 38.2 Å². The molecule has 2 aromatic carbocycles. The predicted molar refractivity (Wildman–Crippen MR) is 161 cm³/mol. The first-order valence-electron chi connectivity index (χ1n) is 14.0. The molecule has 2 fully saturated rings. The summed E-state index contributed by atoms with van der Waals surface area (Å²) in [6, 6.07) is 14.1. The van der Waals surface area contributed by atoms with Gasteiger partial charge < -0.3 is 25.8 Å². The van der Waals surface area contributed by atoms with Crippen LogP contribution in [0.5, 0.6) is 11.5 Å². The molecule has 9 heteroatoms. The minimum absolute atomic E-state index is 0.0259. The van der Waals surface area contributed by atoms with Crippen molar-refractivity contribution in [3.63, 3.8) is 0 Å². The summed E-state index contributed by atoms with van der Waals surface area (Å²) < 4.78 is 5.35. The lowest BCUT2D eigenvalue weighted by Crippen LogP contribution is -2.56. The van der Waals surface area contributed by atoms with E-state index in [1.807, 2.05) is 23.9 Å². The zero-order chi connectivity index (χ0) is 27.5. The number of amides is 2. The fourth-order valence-electron chi connectivity index (χ4n) is 5.18. The quantitative estimate of drug-likeness (QED) is 0.302. The van der Waals surface area contributed by atoms with Crippen LogP contribution in [0, 0.1) is 5.92 Å². The Bertz CT molecular complexity index is 1060. The third kappa shape index (κ3) is 9.08. The van der Waals surface area contributed by atoms with E-state index in [1.54, 1.807) is 37.1 Å². The van der Waals surface area contributed by atoms with Crippen LogP contribution in [0.25, 0.3) is 0 Å². The van der Waals surface area contributed by atoms with Gasteiger partial charge in [0.1, 0.15) is 11.5 Å². The molecule has 0 spiro atoms. The Hall–Kier alpha value is -2.36. The van der Waals surface area contributed by atoms with Crippen LogP contribution in [0.4, 0.5) is 0 Å². The molecule has 2 aliphatic rings. The summed E-state index contributed by atoms with van der Waals surface area (Å²) in [6.45, 7) is 1.08.